The molecule has 3 aromatic rings. The van der Waals surface area contributed by atoms with Crippen molar-refractivity contribution < 1.29 is 8.78 Å². The minimum Gasteiger partial charge on any atom is -0.277 e. The van der Waals surface area contributed by atoms with Crippen LogP contribution in [0.15, 0.2) is 18.2 Å². The molecule has 0 saturated heterocycles. The Morgan fingerprint density at radius 1 is 1.29 bits per heavy atom. The lowest BCUT2D eigenvalue weighted by molar-refractivity contribution is 0.576. The summed E-state index contributed by atoms with van der Waals surface area (Å²) in [5, 5.41) is 3.85. The predicted molar refractivity (Wildman–Crippen MR) is 76.8 cm³/mol. The van der Waals surface area contributed by atoms with Crippen LogP contribution in [0.2, 0.25) is 0 Å². The number of fused-ring (bicyclic) bond motifs is 1. The molecule has 0 aliphatic rings. The van der Waals surface area contributed by atoms with Crippen LogP contribution in [0, 0.1) is 18.6 Å². The van der Waals surface area contributed by atoms with Gasteiger partial charge in [-0.3, -0.25) is 4.57 Å². The Hall–Kier alpha value is -1.95. The molecule has 0 aliphatic heterocycles. The molecule has 1 atom stereocenters. The predicted octanol–water partition coefficient (Wildman–Crippen LogP) is 3.65. The fourth-order valence-corrected chi connectivity index (χ4v) is 2.60. The van der Waals surface area contributed by atoms with Crippen molar-refractivity contribution in [1.29, 1.82) is 0 Å². The second kappa shape index (κ2) is 4.80. The summed E-state index contributed by atoms with van der Waals surface area (Å²) in [6, 6.07) is 3.42. The SMILES string of the molecule is Cc1nn(C)c2c1nc(C(C)Cl)n2-c1ccc(F)cc1F. The molecule has 0 fully saturated rings. The van der Waals surface area contributed by atoms with Gasteiger partial charge in [0.25, 0.3) is 0 Å². The van der Waals surface area contributed by atoms with Gasteiger partial charge in [-0.25, -0.2) is 18.4 Å². The van der Waals surface area contributed by atoms with Crippen molar-refractivity contribution in [3.8, 4) is 5.69 Å². The Balaban J connectivity index is 2.41. The third kappa shape index (κ3) is 2.10. The molecular weight excluding hydrogens is 298 g/mol. The number of hydrogen-bond donors (Lipinski definition) is 0. The van der Waals surface area contributed by atoms with E-state index in [-0.39, 0.29) is 5.69 Å². The smallest absolute Gasteiger partial charge is 0.163 e. The van der Waals surface area contributed by atoms with Gasteiger partial charge in [-0.05, 0) is 26.0 Å². The van der Waals surface area contributed by atoms with E-state index < -0.39 is 17.0 Å². The highest BCUT2D eigenvalue weighted by Crippen LogP contribution is 2.30. The van der Waals surface area contributed by atoms with Gasteiger partial charge in [-0.2, -0.15) is 5.10 Å². The van der Waals surface area contributed by atoms with Crippen LogP contribution < -0.4 is 0 Å². The summed E-state index contributed by atoms with van der Waals surface area (Å²) in [7, 11) is 1.75. The Bertz CT molecular complexity index is 835. The van der Waals surface area contributed by atoms with E-state index in [0.717, 1.165) is 11.8 Å². The number of aryl methyl sites for hydroxylation is 2. The second-order valence-electron chi connectivity index (χ2n) is 4.90. The molecule has 3 rings (SSSR count). The molecule has 2 aromatic heterocycles. The number of imidazole rings is 1. The average Bonchev–Trinajstić information content (AvgIpc) is 2.90. The minimum atomic E-state index is -0.674. The van der Waals surface area contributed by atoms with Crippen LogP contribution in [-0.2, 0) is 7.05 Å². The molecule has 2 heterocycles. The van der Waals surface area contributed by atoms with Crippen molar-refractivity contribution in [1.82, 2.24) is 19.3 Å². The molecule has 0 radical (unpaired) electrons. The number of alkyl halides is 1. The first-order valence-corrected chi connectivity index (χ1v) is 6.85. The Labute approximate surface area is 125 Å². The molecule has 110 valence electrons. The van der Waals surface area contributed by atoms with Crippen LogP contribution in [0.5, 0.6) is 0 Å². The van der Waals surface area contributed by atoms with Gasteiger partial charge in [-0.1, -0.05) is 0 Å². The molecule has 0 saturated carbocycles. The maximum Gasteiger partial charge on any atom is 0.163 e. The summed E-state index contributed by atoms with van der Waals surface area (Å²) < 4.78 is 30.5. The van der Waals surface area contributed by atoms with Crippen molar-refractivity contribution in [2.45, 2.75) is 19.2 Å². The van der Waals surface area contributed by atoms with Crippen LogP contribution in [-0.4, -0.2) is 19.3 Å². The summed E-state index contributed by atoms with van der Waals surface area (Å²) in [4.78, 5) is 4.46. The third-order valence-electron chi connectivity index (χ3n) is 3.33. The monoisotopic (exact) mass is 310 g/mol. The lowest BCUT2D eigenvalue weighted by Crippen LogP contribution is -2.08. The van der Waals surface area contributed by atoms with Gasteiger partial charge < -0.3 is 0 Å². The highest BCUT2D eigenvalue weighted by molar-refractivity contribution is 6.20. The summed E-state index contributed by atoms with van der Waals surface area (Å²) in [5.41, 5.74) is 2.21. The van der Waals surface area contributed by atoms with E-state index in [1.165, 1.54) is 12.1 Å². The Kier molecular flexibility index (Phi) is 3.20. The van der Waals surface area contributed by atoms with E-state index in [4.69, 9.17) is 11.6 Å². The molecule has 21 heavy (non-hydrogen) atoms. The standard InChI is InChI=1S/C14H13ClF2N4/c1-7(15)13-18-12-8(2)19-20(3)14(12)21(13)11-5-4-9(16)6-10(11)17/h4-7H,1-3H3. The fraction of sp³-hybridized carbons (Fsp3) is 0.286. The van der Waals surface area contributed by atoms with Crippen LogP contribution >= 0.6 is 11.6 Å². The van der Waals surface area contributed by atoms with E-state index in [0.29, 0.717) is 17.0 Å². The van der Waals surface area contributed by atoms with Gasteiger partial charge >= 0.3 is 0 Å². The molecule has 0 bridgehead atoms. The maximum absolute atomic E-state index is 14.2. The van der Waals surface area contributed by atoms with Crippen LogP contribution in [0.25, 0.3) is 16.9 Å². The molecule has 0 spiro atoms. The van der Waals surface area contributed by atoms with E-state index in [2.05, 4.69) is 10.1 Å². The third-order valence-corrected chi connectivity index (χ3v) is 3.53. The van der Waals surface area contributed by atoms with Crippen molar-refractivity contribution in [3.63, 3.8) is 0 Å². The Morgan fingerprint density at radius 3 is 2.62 bits per heavy atom. The lowest BCUT2D eigenvalue weighted by Gasteiger charge is -2.12. The van der Waals surface area contributed by atoms with E-state index in [1.807, 2.05) is 6.92 Å². The van der Waals surface area contributed by atoms with Crippen molar-refractivity contribution >= 4 is 22.8 Å². The zero-order valence-corrected chi connectivity index (χ0v) is 12.5. The van der Waals surface area contributed by atoms with Crippen LogP contribution in [0.1, 0.15) is 23.8 Å². The van der Waals surface area contributed by atoms with E-state index in [1.54, 1.807) is 23.2 Å². The zero-order valence-electron chi connectivity index (χ0n) is 11.7. The molecule has 4 nitrogen and oxygen atoms in total. The minimum absolute atomic E-state index is 0.199. The van der Waals surface area contributed by atoms with Gasteiger partial charge in [0.2, 0.25) is 0 Å². The molecule has 7 heteroatoms. The van der Waals surface area contributed by atoms with Crippen molar-refractivity contribution in [2.75, 3.05) is 0 Å². The highest BCUT2D eigenvalue weighted by atomic mass is 35.5. The lowest BCUT2D eigenvalue weighted by atomic mass is 10.2. The molecular formula is C14H13ClF2N4. The first-order valence-electron chi connectivity index (χ1n) is 6.41. The van der Waals surface area contributed by atoms with Gasteiger partial charge in [0.15, 0.2) is 5.65 Å². The molecule has 0 amide bonds. The first-order chi connectivity index (χ1) is 9.90. The quantitative estimate of drug-likeness (QED) is 0.677. The van der Waals surface area contributed by atoms with Gasteiger partial charge in [0, 0.05) is 13.1 Å². The highest BCUT2D eigenvalue weighted by Gasteiger charge is 2.23. The van der Waals surface area contributed by atoms with E-state index >= 15 is 0 Å². The average molecular weight is 311 g/mol. The second-order valence-corrected chi connectivity index (χ2v) is 5.55. The maximum atomic E-state index is 14.2. The van der Waals surface area contributed by atoms with Crippen molar-refractivity contribution in [2.24, 2.45) is 7.05 Å². The number of hydrogen-bond acceptors (Lipinski definition) is 2. The van der Waals surface area contributed by atoms with E-state index in [9.17, 15) is 8.78 Å². The molecule has 0 aliphatic carbocycles. The topological polar surface area (TPSA) is 35.6 Å². The molecule has 1 aromatic carbocycles. The summed E-state index contributed by atoms with van der Waals surface area (Å²) in [6.45, 7) is 3.58. The molecule has 1 unspecified atom stereocenters. The molecule has 0 N–H and O–H groups in total. The summed E-state index contributed by atoms with van der Waals surface area (Å²) in [6.07, 6.45) is 0. The van der Waals surface area contributed by atoms with Gasteiger partial charge in [0.1, 0.15) is 23.0 Å². The largest absolute Gasteiger partial charge is 0.277 e. The van der Waals surface area contributed by atoms with Crippen molar-refractivity contribution in [3.05, 3.63) is 41.4 Å². The number of halogens is 3. The number of aromatic nitrogens is 4. The van der Waals surface area contributed by atoms with Gasteiger partial charge in [0.05, 0.1) is 16.8 Å². The van der Waals surface area contributed by atoms with Crippen LogP contribution in [0.3, 0.4) is 0 Å². The summed E-state index contributed by atoms with van der Waals surface area (Å²) in [5.74, 6) is -0.811. The zero-order chi connectivity index (χ0) is 15.3. The summed E-state index contributed by atoms with van der Waals surface area (Å²) >= 11 is 6.17. The first kappa shape index (κ1) is 14.0. The number of rotatable bonds is 2. The number of benzene rings is 1. The Morgan fingerprint density at radius 2 is 2.00 bits per heavy atom. The van der Waals surface area contributed by atoms with Crippen LogP contribution in [0.4, 0.5) is 8.78 Å². The number of nitrogens with zero attached hydrogens (tertiary/aromatic N) is 4. The van der Waals surface area contributed by atoms with Gasteiger partial charge in [-0.15, -0.1) is 11.6 Å². The normalized spacial score (nSPS) is 13.0. The fourth-order valence-electron chi connectivity index (χ4n) is 2.46.